The largest absolute Gasteiger partial charge is 0.472 e. The third-order valence-corrected chi connectivity index (χ3v) is 2.64. The van der Waals surface area contributed by atoms with Crippen molar-refractivity contribution in [3.63, 3.8) is 0 Å². The lowest BCUT2D eigenvalue weighted by Gasteiger charge is -2.20. The van der Waals surface area contributed by atoms with Gasteiger partial charge in [0, 0.05) is 6.04 Å². The van der Waals surface area contributed by atoms with Crippen LogP contribution in [0.25, 0.3) is 11.5 Å². The molecule has 0 amide bonds. The molecule has 17 heavy (non-hydrogen) atoms. The Morgan fingerprint density at radius 1 is 1.53 bits per heavy atom. The first kappa shape index (κ1) is 11.8. The van der Waals surface area contributed by atoms with Crippen LogP contribution in [0.3, 0.4) is 0 Å². The third kappa shape index (κ3) is 2.72. The maximum atomic E-state index is 9.02. The van der Waals surface area contributed by atoms with E-state index in [0.29, 0.717) is 18.3 Å². The number of hydrogen-bond donors (Lipinski definition) is 1. The second-order valence-corrected chi connectivity index (χ2v) is 3.97. The summed E-state index contributed by atoms with van der Waals surface area (Å²) in [7, 11) is 1.90. The smallest absolute Gasteiger partial charge is 0.261 e. The standard InChI is InChI=1S/C11H15N3O3/c1-8(6-15)14(2)5-10-12-11(17-13-10)9-3-4-16-7-9/h3-4,7-8,15H,5-6H2,1-2H3. The van der Waals surface area contributed by atoms with Gasteiger partial charge in [0.25, 0.3) is 5.89 Å². The number of hydrogen-bond acceptors (Lipinski definition) is 6. The molecule has 1 N–H and O–H groups in total. The van der Waals surface area contributed by atoms with E-state index in [0.717, 1.165) is 5.56 Å². The molecule has 0 aromatic carbocycles. The molecule has 0 bridgehead atoms. The SMILES string of the molecule is CC(CO)N(C)Cc1noc(-c2ccoc2)n1. The van der Waals surface area contributed by atoms with Crippen molar-refractivity contribution in [3.8, 4) is 11.5 Å². The van der Waals surface area contributed by atoms with Gasteiger partial charge in [0.15, 0.2) is 5.82 Å². The van der Waals surface area contributed by atoms with Crippen molar-refractivity contribution < 1.29 is 14.0 Å². The summed E-state index contributed by atoms with van der Waals surface area (Å²) >= 11 is 0. The Balaban J connectivity index is 2.04. The molecular weight excluding hydrogens is 222 g/mol. The first-order chi connectivity index (χ1) is 8.20. The molecule has 0 saturated carbocycles. The van der Waals surface area contributed by atoms with Gasteiger partial charge in [0.05, 0.1) is 25.0 Å². The molecular formula is C11H15N3O3. The van der Waals surface area contributed by atoms with Gasteiger partial charge in [-0.1, -0.05) is 5.16 Å². The van der Waals surface area contributed by atoms with Gasteiger partial charge in [0.2, 0.25) is 0 Å². The monoisotopic (exact) mass is 237 g/mol. The van der Waals surface area contributed by atoms with Gasteiger partial charge < -0.3 is 14.0 Å². The zero-order valence-electron chi connectivity index (χ0n) is 9.83. The average Bonchev–Trinajstić information content (AvgIpc) is 2.97. The van der Waals surface area contributed by atoms with Crippen LogP contribution in [0.4, 0.5) is 0 Å². The van der Waals surface area contributed by atoms with Gasteiger partial charge in [-0.05, 0) is 20.0 Å². The van der Waals surface area contributed by atoms with Gasteiger partial charge in [-0.2, -0.15) is 4.98 Å². The quantitative estimate of drug-likeness (QED) is 0.840. The maximum Gasteiger partial charge on any atom is 0.261 e. The summed E-state index contributed by atoms with van der Waals surface area (Å²) in [6, 6.07) is 1.82. The first-order valence-electron chi connectivity index (χ1n) is 5.37. The van der Waals surface area contributed by atoms with E-state index in [1.54, 1.807) is 18.6 Å². The van der Waals surface area contributed by atoms with Gasteiger partial charge in [-0.15, -0.1) is 0 Å². The van der Waals surface area contributed by atoms with E-state index in [9.17, 15) is 0 Å². The normalized spacial score (nSPS) is 13.2. The lowest BCUT2D eigenvalue weighted by molar-refractivity contribution is 0.150. The Morgan fingerprint density at radius 2 is 2.35 bits per heavy atom. The molecule has 1 unspecified atom stereocenters. The molecule has 2 rings (SSSR count). The predicted octanol–water partition coefficient (Wildman–Crippen LogP) is 1.14. The van der Waals surface area contributed by atoms with Crippen molar-refractivity contribution in [2.75, 3.05) is 13.7 Å². The Kier molecular flexibility index (Phi) is 3.55. The second kappa shape index (κ2) is 5.11. The van der Waals surface area contributed by atoms with Crippen molar-refractivity contribution >= 4 is 0 Å². The predicted molar refractivity (Wildman–Crippen MR) is 60.0 cm³/mol. The number of rotatable bonds is 5. The number of aromatic nitrogens is 2. The lowest BCUT2D eigenvalue weighted by Crippen LogP contribution is -2.31. The van der Waals surface area contributed by atoms with E-state index in [-0.39, 0.29) is 12.6 Å². The highest BCUT2D eigenvalue weighted by atomic mass is 16.5. The molecule has 2 aromatic heterocycles. The van der Waals surface area contributed by atoms with E-state index >= 15 is 0 Å². The molecule has 0 spiro atoms. The summed E-state index contributed by atoms with van der Waals surface area (Å²) < 4.78 is 10.1. The van der Waals surface area contributed by atoms with E-state index < -0.39 is 0 Å². The van der Waals surface area contributed by atoms with Crippen molar-refractivity contribution in [2.24, 2.45) is 0 Å². The highest BCUT2D eigenvalue weighted by Gasteiger charge is 2.14. The van der Waals surface area contributed by atoms with Gasteiger partial charge in [-0.25, -0.2) is 0 Å². The molecule has 2 aromatic rings. The first-order valence-corrected chi connectivity index (χ1v) is 5.37. The summed E-state index contributed by atoms with van der Waals surface area (Å²) in [5.41, 5.74) is 0.765. The summed E-state index contributed by atoms with van der Waals surface area (Å²) in [6.45, 7) is 2.56. The zero-order valence-corrected chi connectivity index (χ0v) is 9.83. The van der Waals surface area contributed by atoms with E-state index in [2.05, 4.69) is 10.1 Å². The molecule has 0 radical (unpaired) electrons. The molecule has 6 heteroatoms. The maximum absolute atomic E-state index is 9.02. The minimum atomic E-state index is 0.0610. The number of aliphatic hydroxyl groups is 1. The van der Waals surface area contributed by atoms with Crippen molar-refractivity contribution in [1.82, 2.24) is 15.0 Å². The van der Waals surface area contributed by atoms with Crippen LogP contribution in [0.15, 0.2) is 27.5 Å². The van der Waals surface area contributed by atoms with Gasteiger partial charge in [-0.3, -0.25) is 4.90 Å². The van der Waals surface area contributed by atoms with E-state index in [1.165, 1.54) is 0 Å². The van der Waals surface area contributed by atoms with E-state index in [4.69, 9.17) is 14.0 Å². The van der Waals surface area contributed by atoms with E-state index in [1.807, 2.05) is 18.9 Å². The average molecular weight is 237 g/mol. The van der Waals surface area contributed by atoms with Crippen LogP contribution in [0.1, 0.15) is 12.7 Å². The highest BCUT2D eigenvalue weighted by Crippen LogP contribution is 2.17. The third-order valence-electron chi connectivity index (χ3n) is 2.64. The zero-order chi connectivity index (χ0) is 12.3. The van der Waals surface area contributed by atoms with Crippen molar-refractivity contribution in [3.05, 3.63) is 24.4 Å². The summed E-state index contributed by atoms with van der Waals surface area (Å²) in [5, 5.41) is 12.9. The number of furan rings is 1. The van der Waals surface area contributed by atoms with Crippen molar-refractivity contribution in [2.45, 2.75) is 19.5 Å². The molecule has 6 nitrogen and oxygen atoms in total. The van der Waals surface area contributed by atoms with Crippen LogP contribution in [0, 0.1) is 0 Å². The Hall–Kier alpha value is -1.66. The minimum absolute atomic E-state index is 0.0610. The minimum Gasteiger partial charge on any atom is -0.472 e. The van der Waals surface area contributed by atoms with Gasteiger partial charge in [0.1, 0.15) is 6.26 Å². The topological polar surface area (TPSA) is 75.5 Å². The molecule has 92 valence electrons. The molecule has 1 atom stereocenters. The van der Waals surface area contributed by atoms with Crippen LogP contribution < -0.4 is 0 Å². The Morgan fingerprint density at radius 3 is 3.00 bits per heavy atom. The van der Waals surface area contributed by atoms with Crippen molar-refractivity contribution in [1.29, 1.82) is 0 Å². The van der Waals surface area contributed by atoms with Crippen LogP contribution in [0.2, 0.25) is 0 Å². The highest BCUT2D eigenvalue weighted by molar-refractivity contribution is 5.49. The van der Waals surface area contributed by atoms with Crippen LogP contribution >= 0.6 is 0 Å². The number of aliphatic hydroxyl groups excluding tert-OH is 1. The summed E-state index contributed by atoms with van der Waals surface area (Å²) in [6.07, 6.45) is 3.11. The second-order valence-electron chi connectivity index (χ2n) is 3.97. The summed E-state index contributed by atoms with van der Waals surface area (Å²) in [4.78, 5) is 6.20. The van der Waals surface area contributed by atoms with Crippen LogP contribution in [-0.2, 0) is 6.54 Å². The molecule has 0 saturated heterocycles. The molecule has 0 aliphatic rings. The number of likely N-dealkylation sites (N-methyl/N-ethyl adjacent to an activating group) is 1. The fourth-order valence-corrected chi connectivity index (χ4v) is 1.34. The lowest BCUT2D eigenvalue weighted by atomic mass is 10.3. The van der Waals surface area contributed by atoms with Crippen LogP contribution in [0.5, 0.6) is 0 Å². The molecule has 0 fully saturated rings. The van der Waals surface area contributed by atoms with Gasteiger partial charge >= 0.3 is 0 Å². The molecule has 0 aliphatic heterocycles. The summed E-state index contributed by atoms with van der Waals surface area (Å²) in [5.74, 6) is 1.03. The number of nitrogens with zero attached hydrogens (tertiary/aromatic N) is 3. The Bertz CT molecular complexity index is 452. The molecule has 2 heterocycles. The fourth-order valence-electron chi connectivity index (χ4n) is 1.34. The molecule has 0 aliphatic carbocycles. The van der Waals surface area contributed by atoms with Crippen LogP contribution in [-0.4, -0.2) is 39.8 Å². The Labute approximate surface area is 98.8 Å². The fraction of sp³-hybridized carbons (Fsp3) is 0.455.